The van der Waals surface area contributed by atoms with Crippen LogP contribution in [-0.4, -0.2) is 0 Å². The fourth-order valence-electron chi connectivity index (χ4n) is 9.55. The predicted octanol–water partition coefficient (Wildman–Crippen LogP) is 17.0. The van der Waals surface area contributed by atoms with Gasteiger partial charge in [-0.05, 0) is 124 Å². The maximum absolute atomic E-state index is 6.46. The van der Waals surface area contributed by atoms with Crippen LogP contribution in [0.2, 0.25) is 0 Å². The van der Waals surface area contributed by atoms with E-state index in [1.807, 2.05) is 72.8 Å². The molecule has 3 aromatic carbocycles. The van der Waals surface area contributed by atoms with E-state index in [0.717, 1.165) is 22.6 Å². The second kappa shape index (κ2) is 21.8. The molecule has 3 aromatic rings. The second-order valence-corrected chi connectivity index (χ2v) is 16.0. The smallest absolute Gasteiger partial charge is 0.0798 e. The van der Waals surface area contributed by atoms with Gasteiger partial charge in [-0.15, -0.1) is 12.2 Å². The van der Waals surface area contributed by atoms with Crippen molar-refractivity contribution < 1.29 is 0 Å². The normalized spacial score (nSPS) is 19.8. The Morgan fingerprint density at radius 2 is 1.37 bits per heavy atom. The molecule has 2 unspecified atom stereocenters. The molecule has 0 N–H and O–H groups in total. The van der Waals surface area contributed by atoms with Crippen molar-refractivity contribution in [3.05, 3.63) is 196 Å². The third-order valence-corrected chi connectivity index (χ3v) is 12.8. The van der Waals surface area contributed by atoms with Crippen LogP contribution in [0.15, 0.2) is 169 Å². The van der Waals surface area contributed by atoms with Crippen molar-refractivity contribution in [3.8, 4) is 23.5 Å². The fraction of sp³-hybridized carbons (Fsp3) is 0.373. The average molecular weight is 783 g/mol. The first-order valence-corrected chi connectivity index (χ1v) is 22.5. The Balaban J connectivity index is 0.000000437. The van der Waals surface area contributed by atoms with Gasteiger partial charge in [0.25, 0.3) is 0 Å². The lowest BCUT2D eigenvalue weighted by atomic mass is 9.51. The Bertz CT molecular complexity index is 2180. The van der Waals surface area contributed by atoms with E-state index >= 15 is 0 Å². The van der Waals surface area contributed by atoms with Crippen molar-refractivity contribution in [2.24, 2.45) is 16.7 Å². The monoisotopic (exact) mass is 783 g/mol. The molecule has 2 atom stereocenters. The van der Waals surface area contributed by atoms with Crippen LogP contribution in [-0.2, 0) is 10.8 Å². The number of hydrogen-bond acceptors (Lipinski definition) is 0. The number of rotatable bonds is 10. The Labute approximate surface area is 361 Å². The summed E-state index contributed by atoms with van der Waals surface area (Å²) in [7, 11) is 0. The summed E-state index contributed by atoms with van der Waals surface area (Å²) < 4.78 is 0. The van der Waals surface area contributed by atoms with Gasteiger partial charge in [0.1, 0.15) is 0 Å². The van der Waals surface area contributed by atoms with Crippen molar-refractivity contribution in [1.82, 2.24) is 0 Å². The fourth-order valence-corrected chi connectivity index (χ4v) is 9.55. The molecule has 59 heavy (non-hydrogen) atoms. The zero-order chi connectivity index (χ0) is 43.9. The third-order valence-electron chi connectivity index (χ3n) is 12.8. The number of benzene rings is 3. The molecule has 0 spiro atoms. The van der Waals surface area contributed by atoms with Gasteiger partial charge in [0.2, 0.25) is 0 Å². The van der Waals surface area contributed by atoms with E-state index in [0.29, 0.717) is 10.8 Å². The van der Waals surface area contributed by atoms with Gasteiger partial charge in [0, 0.05) is 5.57 Å². The number of terminal acetylenes is 1. The topological polar surface area (TPSA) is 0 Å². The van der Waals surface area contributed by atoms with Crippen LogP contribution in [0.4, 0.5) is 0 Å². The lowest BCUT2D eigenvalue weighted by Crippen LogP contribution is -2.45. The molecule has 0 bridgehead atoms. The third kappa shape index (κ3) is 8.65. The van der Waals surface area contributed by atoms with Crippen LogP contribution in [0.1, 0.15) is 144 Å². The van der Waals surface area contributed by atoms with Crippen molar-refractivity contribution in [2.75, 3.05) is 0 Å². The van der Waals surface area contributed by atoms with Crippen LogP contribution < -0.4 is 0 Å². The summed E-state index contributed by atoms with van der Waals surface area (Å²) in [6.07, 6.45) is 37.2. The highest BCUT2D eigenvalue weighted by Crippen LogP contribution is 2.66. The van der Waals surface area contributed by atoms with Gasteiger partial charge in [-0.2, -0.15) is 0 Å². The molecule has 0 amide bonds. The minimum atomic E-state index is -0.630. The van der Waals surface area contributed by atoms with Gasteiger partial charge in [-0.25, -0.2) is 0 Å². The highest BCUT2D eigenvalue weighted by Gasteiger charge is 2.58. The number of fused-ring (bicyclic) bond motifs is 5. The van der Waals surface area contributed by atoms with Crippen LogP contribution in [0, 0.1) is 29.1 Å². The highest BCUT2D eigenvalue weighted by molar-refractivity contribution is 5.92. The Morgan fingerprint density at radius 1 is 0.780 bits per heavy atom. The van der Waals surface area contributed by atoms with Crippen LogP contribution in [0.3, 0.4) is 0 Å². The van der Waals surface area contributed by atoms with E-state index in [2.05, 4.69) is 175 Å². The van der Waals surface area contributed by atoms with E-state index in [9.17, 15) is 0 Å². The molecule has 0 heterocycles. The largest absolute Gasteiger partial charge is 0.121 e. The SMILES string of the molecule is C#C/C(=C\C=C/C)C12c3ccccc3-c3cccc(c31)C(C1=CC=C=CC=C1)(C(/C=C\C)=C/C=C)c1ccccc12.CC.CC.CC.CCCC(C)(C)C(C)(C)C1CC1. The molecule has 0 saturated heterocycles. The van der Waals surface area contributed by atoms with Gasteiger partial charge in [-0.3, -0.25) is 0 Å². The van der Waals surface area contributed by atoms with Gasteiger partial charge in [-0.1, -0.05) is 210 Å². The Morgan fingerprint density at radius 3 is 1.95 bits per heavy atom. The molecule has 310 valence electrons. The first-order chi connectivity index (χ1) is 28.6. The van der Waals surface area contributed by atoms with Gasteiger partial charge >= 0.3 is 0 Å². The maximum Gasteiger partial charge on any atom is 0.0798 e. The zero-order valence-corrected chi connectivity index (χ0v) is 39.0. The molecule has 1 saturated carbocycles. The lowest BCUT2D eigenvalue weighted by Gasteiger charge is -2.50. The summed E-state index contributed by atoms with van der Waals surface area (Å²) in [5.41, 5.74) is 14.9. The molecule has 0 aliphatic heterocycles. The van der Waals surface area contributed by atoms with Crippen LogP contribution in [0.25, 0.3) is 11.1 Å². The lowest BCUT2D eigenvalue weighted by molar-refractivity contribution is 0.0725. The summed E-state index contributed by atoms with van der Waals surface area (Å²) in [6.45, 7) is 32.3. The zero-order valence-electron chi connectivity index (χ0n) is 39.0. The van der Waals surface area contributed by atoms with E-state index in [-0.39, 0.29) is 0 Å². The van der Waals surface area contributed by atoms with Crippen molar-refractivity contribution in [1.29, 1.82) is 0 Å². The molecule has 4 aliphatic rings. The first-order valence-electron chi connectivity index (χ1n) is 22.5. The average Bonchev–Trinajstić information content (AvgIpc) is 4.13. The second-order valence-electron chi connectivity index (χ2n) is 16.0. The van der Waals surface area contributed by atoms with Gasteiger partial charge in [0.05, 0.1) is 10.8 Å². The van der Waals surface area contributed by atoms with Crippen molar-refractivity contribution in [3.63, 3.8) is 0 Å². The summed E-state index contributed by atoms with van der Waals surface area (Å²) in [6, 6.07) is 24.4. The summed E-state index contributed by atoms with van der Waals surface area (Å²) >= 11 is 0. The van der Waals surface area contributed by atoms with Gasteiger partial charge < -0.3 is 0 Å². The van der Waals surface area contributed by atoms with Crippen molar-refractivity contribution >= 4 is 0 Å². The summed E-state index contributed by atoms with van der Waals surface area (Å²) in [5, 5.41) is 0. The number of allylic oxidation sites excluding steroid dienone is 14. The summed E-state index contributed by atoms with van der Waals surface area (Å²) in [5.74, 6) is 4.18. The maximum atomic E-state index is 6.46. The molecule has 0 radical (unpaired) electrons. The van der Waals surface area contributed by atoms with Crippen LogP contribution in [0.5, 0.6) is 0 Å². The van der Waals surface area contributed by atoms with E-state index in [1.165, 1.54) is 64.6 Å². The van der Waals surface area contributed by atoms with E-state index in [1.54, 1.807) is 0 Å². The summed E-state index contributed by atoms with van der Waals surface area (Å²) in [4.78, 5) is 0. The Kier molecular flexibility index (Phi) is 17.8. The van der Waals surface area contributed by atoms with Crippen LogP contribution >= 0.6 is 0 Å². The standard InChI is InChI=1S/C41H32.C12H24.3C2H6/c1-5-9-21-30(8-4)41-35-26-15-14-24-33(35)34-25-18-29-38(39(34)41)40(31(19-6-2)20-7-3,32-22-12-10-11-13-23-32)36-27-16-17-28-37(36)41;1-6-9-11(2,3)12(4,5)10-7-8-10;3*1-2/h4-7,9-10,12-29H,2H2,1,3H3;10H,6-9H2,1-5H3;3*1-2H3/b9-5-,20-7-,30-21+,31-19+;;;;. The first kappa shape index (κ1) is 48.3. The highest BCUT2D eigenvalue weighted by atomic mass is 14.6. The molecule has 1 fully saturated rings. The molecule has 0 heteroatoms. The molecular formula is C59H74. The molecular weight excluding hydrogens is 709 g/mol. The molecule has 7 rings (SSSR count). The molecule has 0 nitrogen and oxygen atoms in total. The van der Waals surface area contributed by atoms with E-state index in [4.69, 9.17) is 6.42 Å². The number of hydrogen-bond donors (Lipinski definition) is 0. The molecule has 4 aliphatic carbocycles. The molecule has 0 aromatic heterocycles. The quantitative estimate of drug-likeness (QED) is 0.109. The van der Waals surface area contributed by atoms with Gasteiger partial charge in [0.15, 0.2) is 0 Å². The minimum Gasteiger partial charge on any atom is -0.121 e. The minimum absolute atomic E-state index is 0.531. The predicted molar refractivity (Wildman–Crippen MR) is 263 cm³/mol. The van der Waals surface area contributed by atoms with E-state index < -0.39 is 10.8 Å². The Hall–Kier alpha value is -5.08. The van der Waals surface area contributed by atoms with Crippen molar-refractivity contribution in [2.45, 2.75) is 127 Å².